The number of hydrogen-bond donors (Lipinski definition) is 1. The molecule has 2 heteroatoms. The van der Waals surface area contributed by atoms with Gasteiger partial charge in [-0.25, -0.2) is 0 Å². The van der Waals surface area contributed by atoms with Crippen molar-refractivity contribution in [1.82, 2.24) is 4.90 Å². The summed E-state index contributed by atoms with van der Waals surface area (Å²) in [4.78, 5) is 2.69. The monoisotopic (exact) mass is 230 g/mol. The van der Waals surface area contributed by atoms with E-state index < -0.39 is 0 Å². The molecule has 1 heterocycles. The minimum Gasteiger partial charge on any atom is -0.388 e. The molecule has 0 spiro atoms. The van der Waals surface area contributed by atoms with Gasteiger partial charge in [-0.1, -0.05) is 31.4 Å². The van der Waals surface area contributed by atoms with Crippen LogP contribution in [0.4, 0.5) is 5.69 Å². The van der Waals surface area contributed by atoms with Crippen LogP contribution in [0.5, 0.6) is 0 Å². The average molecular weight is 230 g/mol. The standard InChI is InChI=1S/C15H22N2/c1-16-15-9-5-6-12-10-17(11-14(12)15)13-7-3-2-4-8-13/h5-6,9,13,16H,2-4,7-8,10-11H2,1H3. The van der Waals surface area contributed by atoms with Crippen LogP contribution in [0.1, 0.15) is 43.2 Å². The number of nitrogens with zero attached hydrogens (tertiary/aromatic N) is 1. The number of hydrogen-bond acceptors (Lipinski definition) is 2. The van der Waals surface area contributed by atoms with Crippen LogP contribution in [0.3, 0.4) is 0 Å². The highest BCUT2D eigenvalue weighted by molar-refractivity contribution is 5.55. The molecule has 1 aliphatic heterocycles. The molecular weight excluding hydrogens is 208 g/mol. The maximum absolute atomic E-state index is 3.32. The maximum Gasteiger partial charge on any atom is 0.0386 e. The molecule has 1 aromatic rings. The van der Waals surface area contributed by atoms with Crippen LogP contribution in [-0.2, 0) is 13.1 Å². The first kappa shape index (κ1) is 11.1. The quantitative estimate of drug-likeness (QED) is 0.838. The van der Waals surface area contributed by atoms with E-state index in [4.69, 9.17) is 0 Å². The van der Waals surface area contributed by atoms with E-state index in [1.165, 1.54) is 48.9 Å². The molecule has 0 unspecified atom stereocenters. The first-order valence-corrected chi connectivity index (χ1v) is 6.91. The highest BCUT2D eigenvalue weighted by atomic mass is 15.2. The summed E-state index contributed by atoms with van der Waals surface area (Å²) < 4.78 is 0. The Kier molecular flexibility index (Phi) is 3.06. The zero-order chi connectivity index (χ0) is 11.7. The fourth-order valence-corrected chi connectivity index (χ4v) is 3.39. The molecule has 1 aromatic carbocycles. The molecule has 0 amide bonds. The molecule has 1 aliphatic carbocycles. The summed E-state index contributed by atoms with van der Waals surface area (Å²) in [5, 5.41) is 3.32. The summed E-state index contributed by atoms with van der Waals surface area (Å²) in [7, 11) is 2.03. The molecule has 0 aromatic heterocycles. The number of benzene rings is 1. The second-order valence-corrected chi connectivity index (χ2v) is 5.39. The van der Waals surface area contributed by atoms with Crippen LogP contribution in [-0.4, -0.2) is 18.0 Å². The first-order valence-electron chi connectivity index (χ1n) is 6.91. The lowest BCUT2D eigenvalue weighted by Gasteiger charge is -2.30. The fourth-order valence-electron chi connectivity index (χ4n) is 3.39. The lowest BCUT2D eigenvalue weighted by atomic mass is 9.94. The number of rotatable bonds is 2. The van der Waals surface area contributed by atoms with Crippen LogP contribution in [0.25, 0.3) is 0 Å². The van der Waals surface area contributed by atoms with Gasteiger partial charge in [0.2, 0.25) is 0 Å². The molecule has 0 bridgehead atoms. The van der Waals surface area contributed by atoms with Crippen LogP contribution in [0.15, 0.2) is 18.2 Å². The van der Waals surface area contributed by atoms with E-state index in [1.807, 2.05) is 7.05 Å². The Hall–Kier alpha value is -1.02. The van der Waals surface area contributed by atoms with Crippen LogP contribution >= 0.6 is 0 Å². The van der Waals surface area contributed by atoms with Gasteiger partial charge in [0.15, 0.2) is 0 Å². The summed E-state index contributed by atoms with van der Waals surface area (Å²) in [6.07, 6.45) is 7.11. The van der Waals surface area contributed by atoms with Crippen molar-refractivity contribution in [2.24, 2.45) is 0 Å². The molecular formula is C15H22N2. The zero-order valence-corrected chi connectivity index (χ0v) is 10.7. The lowest BCUT2D eigenvalue weighted by Crippen LogP contribution is -2.32. The lowest BCUT2D eigenvalue weighted by molar-refractivity contribution is 0.156. The van der Waals surface area contributed by atoms with Gasteiger partial charge >= 0.3 is 0 Å². The molecule has 1 fully saturated rings. The average Bonchev–Trinajstić information content (AvgIpc) is 2.83. The maximum atomic E-state index is 3.32. The summed E-state index contributed by atoms with van der Waals surface area (Å²) in [6.45, 7) is 2.31. The molecule has 0 saturated heterocycles. The Morgan fingerprint density at radius 1 is 1.12 bits per heavy atom. The molecule has 92 valence electrons. The molecule has 0 atom stereocenters. The molecule has 2 nitrogen and oxygen atoms in total. The van der Waals surface area contributed by atoms with Crippen LogP contribution in [0.2, 0.25) is 0 Å². The van der Waals surface area contributed by atoms with Gasteiger partial charge in [-0.3, -0.25) is 4.90 Å². The van der Waals surface area contributed by atoms with E-state index in [2.05, 4.69) is 28.4 Å². The van der Waals surface area contributed by atoms with Gasteiger partial charge in [-0.15, -0.1) is 0 Å². The minimum atomic E-state index is 0.834. The van der Waals surface area contributed by atoms with Gasteiger partial charge in [0.1, 0.15) is 0 Å². The molecule has 1 saturated carbocycles. The Morgan fingerprint density at radius 3 is 2.71 bits per heavy atom. The van der Waals surface area contributed by atoms with Crippen molar-refractivity contribution < 1.29 is 0 Å². The Labute approximate surface area is 104 Å². The first-order chi connectivity index (χ1) is 8.38. The third-order valence-electron chi connectivity index (χ3n) is 4.37. The van der Waals surface area contributed by atoms with Crippen molar-refractivity contribution in [2.45, 2.75) is 51.2 Å². The Balaban J connectivity index is 1.77. The summed E-state index contributed by atoms with van der Waals surface area (Å²) in [5.74, 6) is 0. The largest absolute Gasteiger partial charge is 0.388 e. The third-order valence-corrected chi connectivity index (χ3v) is 4.37. The van der Waals surface area contributed by atoms with Crippen molar-refractivity contribution in [3.8, 4) is 0 Å². The van der Waals surface area contributed by atoms with E-state index >= 15 is 0 Å². The van der Waals surface area contributed by atoms with Gasteiger partial charge in [0.05, 0.1) is 0 Å². The molecule has 3 rings (SSSR count). The van der Waals surface area contributed by atoms with Gasteiger partial charge in [-0.05, 0) is 30.0 Å². The number of fused-ring (bicyclic) bond motifs is 1. The van der Waals surface area contributed by atoms with Crippen molar-refractivity contribution >= 4 is 5.69 Å². The summed E-state index contributed by atoms with van der Waals surface area (Å²) in [6, 6.07) is 7.50. The highest BCUT2D eigenvalue weighted by Gasteiger charge is 2.27. The van der Waals surface area contributed by atoms with Crippen LogP contribution < -0.4 is 5.32 Å². The molecule has 1 N–H and O–H groups in total. The van der Waals surface area contributed by atoms with E-state index in [9.17, 15) is 0 Å². The normalized spacial score (nSPS) is 21.5. The fraction of sp³-hybridized carbons (Fsp3) is 0.600. The third kappa shape index (κ3) is 2.06. The summed E-state index contributed by atoms with van der Waals surface area (Å²) in [5.41, 5.74) is 4.38. The number of nitrogens with one attached hydrogen (secondary N) is 1. The SMILES string of the molecule is CNc1cccc2c1CN(C1CCCCC1)C2. The van der Waals surface area contributed by atoms with Crippen molar-refractivity contribution in [2.75, 3.05) is 12.4 Å². The topological polar surface area (TPSA) is 15.3 Å². The van der Waals surface area contributed by atoms with E-state index in [1.54, 1.807) is 0 Å². The summed E-state index contributed by atoms with van der Waals surface area (Å²) >= 11 is 0. The molecule has 17 heavy (non-hydrogen) atoms. The van der Waals surface area contributed by atoms with Gasteiger partial charge in [0, 0.05) is 31.9 Å². The van der Waals surface area contributed by atoms with E-state index in [-0.39, 0.29) is 0 Å². The predicted octanol–water partition coefficient (Wildman–Crippen LogP) is 3.38. The Morgan fingerprint density at radius 2 is 1.94 bits per heavy atom. The minimum absolute atomic E-state index is 0.834. The number of anilines is 1. The van der Waals surface area contributed by atoms with Crippen molar-refractivity contribution in [1.29, 1.82) is 0 Å². The van der Waals surface area contributed by atoms with Crippen molar-refractivity contribution in [3.05, 3.63) is 29.3 Å². The zero-order valence-electron chi connectivity index (χ0n) is 10.7. The highest BCUT2D eigenvalue weighted by Crippen LogP contribution is 2.33. The predicted molar refractivity (Wildman–Crippen MR) is 72.1 cm³/mol. The smallest absolute Gasteiger partial charge is 0.0386 e. The van der Waals surface area contributed by atoms with Gasteiger partial charge in [0.25, 0.3) is 0 Å². The van der Waals surface area contributed by atoms with Gasteiger partial charge in [-0.2, -0.15) is 0 Å². The van der Waals surface area contributed by atoms with Crippen LogP contribution in [0, 0.1) is 0 Å². The second kappa shape index (κ2) is 4.69. The molecule has 2 aliphatic rings. The van der Waals surface area contributed by atoms with Crippen molar-refractivity contribution in [3.63, 3.8) is 0 Å². The van der Waals surface area contributed by atoms with E-state index in [0.717, 1.165) is 19.1 Å². The van der Waals surface area contributed by atoms with Gasteiger partial charge < -0.3 is 5.32 Å². The van der Waals surface area contributed by atoms with E-state index in [0.29, 0.717) is 0 Å². The Bertz CT molecular complexity index is 394. The molecule has 0 radical (unpaired) electrons. The second-order valence-electron chi connectivity index (χ2n) is 5.39.